The highest BCUT2D eigenvalue weighted by atomic mass is 16.3. The molecule has 1 N–H and O–H groups in total. The molecule has 0 aliphatic heterocycles. The van der Waals surface area contributed by atoms with Gasteiger partial charge in [0.25, 0.3) is 0 Å². The molecule has 0 radical (unpaired) electrons. The second-order valence-electron chi connectivity index (χ2n) is 7.48. The van der Waals surface area contributed by atoms with Crippen LogP contribution in [0.2, 0.25) is 0 Å². The molecule has 0 aromatic rings. The third-order valence-corrected chi connectivity index (χ3v) is 6.15. The maximum absolute atomic E-state index is 9.10. The molecule has 0 heterocycles. The Bertz CT molecular complexity index is 393. The van der Waals surface area contributed by atoms with E-state index < -0.39 is 0 Å². The number of aliphatic hydroxyl groups excluding tert-OH is 1. The van der Waals surface area contributed by atoms with E-state index in [1.54, 1.807) is 5.57 Å². The zero-order chi connectivity index (χ0) is 14.8. The quantitative estimate of drug-likeness (QED) is 0.739. The van der Waals surface area contributed by atoms with Gasteiger partial charge in [-0.3, -0.25) is 0 Å². The topological polar surface area (TPSA) is 20.2 Å². The van der Waals surface area contributed by atoms with Gasteiger partial charge in [-0.15, -0.1) is 0 Å². The van der Waals surface area contributed by atoms with Crippen molar-refractivity contribution in [1.29, 1.82) is 0 Å². The first-order chi connectivity index (χ1) is 9.49. The third kappa shape index (κ3) is 3.03. The van der Waals surface area contributed by atoms with Crippen molar-refractivity contribution >= 4 is 0 Å². The van der Waals surface area contributed by atoms with Crippen LogP contribution in [0.4, 0.5) is 0 Å². The molecule has 0 spiro atoms. The molecule has 0 amide bonds. The first-order valence-corrected chi connectivity index (χ1v) is 8.47. The largest absolute Gasteiger partial charge is 0.396 e. The van der Waals surface area contributed by atoms with Crippen molar-refractivity contribution in [3.05, 3.63) is 23.3 Å². The van der Waals surface area contributed by atoms with Crippen molar-refractivity contribution in [3.8, 4) is 0 Å². The Hall–Kier alpha value is -0.560. The summed E-state index contributed by atoms with van der Waals surface area (Å²) in [6.07, 6.45) is 12.3. The third-order valence-electron chi connectivity index (χ3n) is 6.15. The standard InChI is InChI=1S/C19H32O/c1-14(11-13-20)10-12-19(4)16(3)8-9-17-15(2)6-5-7-18(17)19/h6,9,14,16,18,20H,5,7-8,10-13H2,1-4H3/t14?,16-,18+,19+/m1/s1. The van der Waals surface area contributed by atoms with Crippen LogP contribution < -0.4 is 0 Å². The molecule has 0 bridgehead atoms. The van der Waals surface area contributed by atoms with Gasteiger partial charge in [0.2, 0.25) is 0 Å². The fourth-order valence-electron chi connectivity index (χ4n) is 4.26. The predicted octanol–water partition coefficient (Wildman–Crippen LogP) is 5.11. The van der Waals surface area contributed by atoms with Gasteiger partial charge in [-0.1, -0.05) is 44.9 Å². The molecule has 0 saturated carbocycles. The van der Waals surface area contributed by atoms with Crippen LogP contribution in [0.3, 0.4) is 0 Å². The monoisotopic (exact) mass is 276 g/mol. The average Bonchev–Trinajstić information content (AvgIpc) is 2.42. The zero-order valence-corrected chi connectivity index (χ0v) is 13.8. The maximum atomic E-state index is 9.10. The molecule has 2 aliphatic carbocycles. The lowest BCUT2D eigenvalue weighted by atomic mass is 9.56. The summed E-state index contributed by atoms with van der Waals surface area (Å²) in [5.41, 5.74) is 3.62. The fraction of sp³-hybridized carbons (Fsp3) is 0.789. The van der Waals surface area contributed by atoms with Crippen LogP contribution in [0.25, 0.3) is 0 Å². The SMILES string of the molecule is CC1=CCC[C@H]2C1=CC[C@@H](C)[C@]2(C)CCC(C)CCO. The van der Waals surface area contributed by atoms with Crippen LogP contribution in [0.5, 0.6) is 0 Å². The van der Waals surface area contributed by atoms with Crippen molar-refractivity contribution < 1.29 is 5.11 Å². The molecular weight excluding hydrogens is 244 g/mol. The minimum atomic E-state index is 0.337. The molecular formula is C19H32O. The minimum Gasteiger partial charge on any atom is -0.396 e. The number of fused-ring (bicyclic) bond motifs is 1. The molecule has 0 aromatic carbocycles. The van der Waals surface area contributed by atoms with Crippen LogP contribution in [0.15, 0.2) is 23.3 Å². The highest BCUT2D eigenvalue weighted by Crippen LogP contribution is 2.53. The van der Waals surface area contributed by atoms with Gasteiger partial charge >= 0.3 is 0 Å². The van der Waals surface area contributed by atoms with Crippen LogP contribution in [-0.4, -0.2) is 11.7 Å². The normalized spacial score (nSPS) is 35.0. The van der Waals surface area contributed by atoms with E-state index in [0.717, 1.165) is 18.3 Å². The van der Waals surface area contributed by atoms with Crippen molar-refractivity contribution in [2.24, 2.45) is 23.2 Å². The number of aliphatic hydroxyl groups is 1. The summed E-state index contributed by atoms with van der Waals surface area (Å²) in [5, 5.41) is 9.10. The van der Waals surface area contributed by atoms with Gasteiger partial charge in [-0.25, -0.2) is 0 Å². The van der Waals surface area contributed by atoms with Gasteiger partial charge in [0, 0.05) is 6.61 Å². The Morgan fingerprint density at radius 1 is 1.35 bits per heavy atom. The zero-order valence-electron chi connectivity index (χ0n) is 13.8. The molecule has 2 aliphatic rings. The summed E-state index contributed by atoms with van der Waals surface area (Å²) >= 11 is 0. The van der Waals surface area contributed by atoms with Gasteiger partial charge in [0.1, 0.15) is 0 Å². The molecule has 20 heavy (non-hydrogen) atoms. The van der Waals surface area contributed by atoms with Crippen LogP contribution >= 0.6 is 0 Å². The second kappa shape index (κ2) is 6.47. The van der Waals surface area contributed by atoms with Gasteiger partial charge in [-0.2, -0.15) is 0 Å². The highest BCUT2D eigenvalue weighted by Gasteiger charge is 2.43. The minimum absolute atomic E-state index is 0.337. The summed E-state index contributed by atoms with van der Waals surface area (Å²) in [6.45, 7) is 9.89. The maximum Gasteiger partial charge on any atom is 0.0433 e. The number of hydrogen-bond donors (Lipinski definition) is 1. The van der Waals surface area contributed by atoms with Crippen molar-refractivity contribution in [2.45, 2.75) is 66.2 Å². The van der Waals surface area contributed by atoms with Crippen molar-refractivity contribution in [1.82, 2.24) is 0 Å². The van der Waals surface area contributed by atoms with E-state index in [-0.39, 0.29) is 0 Å². The van der Waals surface area contributed by atoms with Crippen molar-refractivity contribution in [3.63, 3.8) is 0 Å². The first-order valence-electron chi connectivity index (χ1n) is 8.47. The van der Waals surface area contributed by atoms with E-state index in [1.807, 2.05) is 0 Å². The summed E-state index contributed by atoms with van der Waals surface area (Å²) in [7, 11) is 0. The number of hydrogen-bond acceptors (Lipinski definition) is 1. The predicted molar refractivity (Wildman–Crippen MR) is 86.6 cm³/mol. The van der Waals surface area contributed by atoms with Gasteiger partial charge in [0.15, 0.2) is 0 Å². The van der Waals surface area contributed by atoms with Gasteiger partial charge in [0.05, 0.1) is 0 Å². The van der Waals surface area contributed by atoms with Crippen LogP contribution in [0.1, 0.15) is 66.2 Å². The molecule has 2 rings (SSSR count). The van der Waals surface area contributed by atoms with Crippen LogP contribution in [-0.2, 0) is 0 Å². The molecule has 1 unspecified atom stereocenters. The first kappa shape index (κ1) is 15.8. The lowest BCUT2D eigenvalue weighted by Crippen LogP contribution is -2.39. The van der Waals surface area contributed by atoms with E-state index in [0.29, 0.717) is 17.9 Å². The Morgan fingerprint density at radius 3 is 2.80 bits per heavy atom. The average molecular weight is 276 g/mol. The summed E-state index contributed by atoms with van der Waals surface area (Å²) in [5.74, 6) is 2.19. The molecule has 4 atom stereocenters. The molecule has 0 fully saturated rings. The van der Waals surface area contributed by atoms with E-state index in [1.165, 1.54) is 37.7 Å². The Morgan fingerprint density at radius 2 is 2.10 bits per heavy atom. The Labute approximate surface area is 125 Å². The molecule has 1 nitrogen and oxygen atoms in total. The summed E-state index contributed by atoms with van der Waals surface area (Å²) < 4.78 is 0. The lowest BCUT2D eigenvalue weighted by Gasteiger charge is -2.49. The fourth-order valence-corrected chi connectivity index (χ4v) is 4.26. The number of allylic oxidation sites excluding steroid dienone is 4. The smallest absolute Gasteiger partial charge is 0.0433 e. The highest BCUT2D eigenvalue weighted by molar-refractivity contribution is 5.37. The van der Waals surface area contributed by atoms with Crippen LogP contribution in [0, 0.1) is 23.2 Å². The lowest BCUT2D eigenvalue weighted by molar-refractivity contribution is 0.0836. The Kier molecular flexibility index (Phi) is 5.12. The van der Waals surface area contributed by atoms with Gasteiger partial charge in [-0.05, 0) is 67.8 Å². The summed E-state index contributed by atoms with van der Waals surface area (Å²) in [6, 6.07) is 0. The van der Waals surface area contributed by atoms with E-state index in [4.69, 9.17) is 5.11 Å². The van der Waals surface area contributed by atoms with E-state index in [9.17, 15) is 0 Å². The molecule has 0 saturated heterocycles. The van der Waals surface area contributed by atoms with E-state index >= 15 is 0 Å². The summed E-state index contributed by atoms with van der Waals surface area (Å²) in [4.78, 5) is 0. The second-order valence-corrected chi connectivity index (χ2v) is 7.48. The van der Waals surface area contributed by atoms with E-state index in [2.05, 4.69) is 39.8 Å². The molecule has 114 valence electrons. The Balaban J connectivity index is 2.12. The molecule has 0 aromatic heterocycles. The number of rotatable bonds is 5. The van der Waals surface area contributed by atoms with Gasteiger partial charge < -0.3 is 5.11 Å². The molecule has 1 heteroatoms. The van der Waals surface area contributed by atoms with Crippen molar-refractivity contribution in [2.75, 3.05) is 6.61 Å².